The van der Waals surface area contributed by atoms with E-state index in [4.69, 9.17) is 11.5 Å². The molecule has 3 fully saturated rings. The van der Waals surface area contributed by atoms with E-state index in [0.29, 0.717) is 64.3 Å². The first kappa shape index (κ1) is 107. The second-order valence-corrected chi connectivity index (χ2v) is 35.8. The van der Waals surface area contributed by atoms with E-state index in [1.165, 1.54) is 64.3 Å². The molecule has 740 valence electrons. The normalized spacial score (nSPS) is 23.8. The maximum absolute atomic E-state index is 15.7. The Bertz CT molecular complexity index is 5310. The van der Waals surface area contributed by atoms with Crippen LogP contribution >= 0.6 is 11.8 Å². The summed E-state index contributed by atoms with van der Waals surface area (Å²) in [5.41, 5.74) is 12.9. The molecule has 38 nitrogen and oxygen atoms in total. The number of para-hydroxylation sites is 1. The summed E-state index contributed by atoms with van der Waals surface area (Å²) >= 11 is 0.614. The highest BCUT2D eigenvalue weighted by molar-refractivity contribution is 8.00. The van der Waals surface area contributed by atoms with Crippen molar-refractivity contribution in [3.8, 4) is 5.75 Å². The van der Waals surface area contributed by atoms with Gasteiger partial charge in [0.05, 0.1) is 24.8 Å². The van der Waals surface area contributed by atoms with E-state index in [1.807, 2.05) is 0 Å². The number of aromatic hydroxyl groups is 1. The van der Waals surface area contributed by atoms with Gasteiger partial charge >= 0.3 is 11.9 Å². The van der Waals surface area contributed by atoms with Crippen LogP contribution in [0.3, 0.4) is 0 Å². The fourth-order valence-electron chi connectivity index (χ4n) is 16.7. The summed E-state index contributed by atoms with van der Waals surface area (Å²) in [5, 5.41) is 66.1. The topological polar surface area (TPSA) is 563 Å². The number of fused-ring (bicyclic) bond motifs is 3. The van der Waals surface area contributed by atoms with Crippen LogP contribution in [0.1, 0.15) is 132 Å². The third kappa shape index (κ3) is 30.2. The van der Waals surface area contributed by atoms with Gasteiger partial charge in [0.1, 0.15) is 90.1 Å². The van der Waals surface area contributed by atoms with Crippen LogP contribution in [0.15, 0.2) is 121 Å². The number of amides is 15. The number of primary amides is 1. The Morgan fingerprint density at radius 2 is 1.10 bits per heavy atom. The van der Waals surface area contributed by atoms with Crippen molar-refractivity contribution in [2.75, 3.05) is 58.8 Å². The van der Waals surface area contributed by atoms with E-state index >= 15 is 56.7 Å². The van der Waals surface area contributed by atoms with E-state index in [0.717, 1.165) is 43.7 Å². The zero-order valence-electron chi connectivity index (χ0n) is 76.7. The molecule has 0 aliphatic carbocycles. The van der Waals surface area contributed by atoms with E-state index in [1.54, 1.807) is 67.7 Å². The number of carboxylic acids is 2. The molecule has 0 radical (unpaired) electrons. The van der Waals surface area contributed by atoms with Gasteiger partial charge in [0.25, 0.3) is 0 Å². The number of aliphatic hydroxyl groups excluding tert-OH is 1. The molecule has 0 spiro atoms. The minimum Gasteiger partial charge on any atom is -0.508 e. The zero-order chi connectivity index (χ0) is 100. The van der Waals surface area contributed by atoms with Crippen LogP contribution in [0.25, 0.3) is 10.9 Å². The molecule has 3 aliphatic rings. The summed E-state index contributed by atoms with van der Waals surface area (Å²) in [4.78, 5) is 259. The molecule has 0 saturated carbocycles. The Kier molecular flexibility index (Phi) is 39.7. The molecule has 5 aromatic carbocycles. The van der Waals surface area contributed by atoms with Gasteiger partial charge in [-0.05, 0) is 134 Å². The van der Waals surface area contributed by atoms with Crippen LogP contribution < -0.4 is 59.3 Å². The van der Waals surface area contributed by atoms with Crippen molar-refractivity contribution in [3.63, 3.8) is 0 Å². The molecule has 3 saturated heterocycles. The number of nitrogens with one attached hydrogen (secondary N) is 10. The fraction of sp³-hybridized carbons (Fsp3) is 0.479. The van der Waals surface area contributed by atoms with Crippen molar-refractivity contribution in [2.45, 2.75) is 221 Å². The standard InChI is InChI=1S/C94H119F4N17O21S/c1-7-8-23-72-93(135)115-48-59(117)44-74(115)89(131)108-68(45-79(122)123)86(128)110-81(51(2)3)94(136)112(5)73(41-52-18-10-9-11-19-52)88(130)105-65(33-34-78(120)121)91(133)114-36-17-15-24-71(114)87(129)107-67(43-56-46-101-63-21-13-12-20-60(56)63)85(127)106-66(39-53-27-31-58(116)32-28-53)84(126)104-64(22-14-16-35-99)83(125)109-70(82(124)102-47-76(100)118)49-137-50-77(119)103-69(40-55-37-61(96)80(98)62(97)38-55)90(132)113(6)75(92(134)111(72)4)42-54-25-29-57(95)30-26-54/h9-13,18-21,25-32,37-38,46,51,59,64-75,81,101,116-117H,7-8,14-17,22-24,33-36,39-45,47-50,99H2,1-6H3,(H2,100,118)(H,102,124)(H,103,119)(H,104,126)(H,105,130)(H,106,127)(H,107,129)(H,108,131)(H,109,125)(H,110,128)(H,120,121)(H,122,123)/t59-,64-,65-,66-,67+,68-,69-,70-,71+,72-,73-,74+,75-,81+/m0/s1. The number of aromatic nitrogens is 1. The minimum atomic E-state index is -2.08. The molecule has 18 N–H and O–H groups in total. The number of H-pyrrole nitrogens is 1. The first-order valence-corrected chi connectivity index (χ1v) is 46.3. The van der Waals surface area contributed by atoms with Crippen LogP contribution in [0.4, 0.5) is 17.6 Å². The Balaban J connectivity index is 1.15. The lowest BCUT2D eigenvalue weighted by atomic mass is 9.97. The molecular formula is C94H119F4N17O21S. The summed E-state index contributed by atoms with van der Waals surface area (Å²) in [7, 11) is 3.45. The average Bonchev–Trinajstić information content (AvgIpc) is 1.15. The summed E-state index contributed by atoms with van der Waals surface area (Å²) < 4.78 is 59.9. The number of phenolic OH excluding ortho intramolecular Hbond substituents is 1. The Hall–Kier alpha value is -13.6. The van der Waals surface area contributed by atoms with Gasteiger partial charge in [-0.25, -0.2) is 17.6 Å². The summed E-state index contributed by atoms with van der Waals surface area (Å²) in [5.74, 6) is -27.7. The number of hydrogen-bond acceptors (Lipinski definition) is 21. The number of unbranched alkanes of at least 4 members (excludes halogenated alkanes) is 2. The summed E-state index contributed by atoms with van der Waals surface area (Å²) in [6.07, 6.45) is -4.44. The molecule has 1 aromatic heterocycles. The third-order valence-electron chi connectivity index (χ3n) is 24.2. The Morgan fingerprint density at radius 3 is 1.75 bits per heavy atom. The van der Waals surface area contributed by atoms with Crippen LogP contribution in [0.2, 0.25) is 0 Å². The van der Waals surface area contributed by atoms with Crippen molar-refractivity contribution in [1.82, 2.24) is 77.3 Å². The first-order chi connectivity index (χ1) is 65.1. The molecule has 14 atom stereocenters. The number of phenols is 1. The fourth-order valence-corrected chi connectivity index (χ4v) is 17.6. The maximum Gasteiger partial charge on any atom is 0.305 e. The van der Waals surface area contributed by atoms with Crippen LogP contribution in [-0.2, 0) is 114 Å². The van der Waals surface area contributed by atoms with Gasteiger partial charge < -0.3 is 109 Å². The number of hydrogen-bond donors (Lipinski definition) is 16. The van der Waals surface area contributed by atoms with Crippen LogP contribution in [0.5, 0.6) is 5.75 Å². The predicted molar refractivity (Wildman–Crippen MR) is 491 cm³/mol. The number of nitrogens with two attached hydrogens (primary N) is 2. The van der Waals surface area contributed by atoms with Gasteiger partial charge in [-0.1, -0.05) is 106 Å². The lowest BCUT2D eigenvalue weighted by Crippen LogP contribution is -2.63. The minimum absolute atomic E-state index is 0.0714. The second-order valence-electron chi connectivity index (χ2n) is 34.7. The maximum atomic E-state index is 15.7. The molecule has 4 heterocycles. The van der Waals surface area contributed by atoms with Gasteiger partial charge in [-0.3, -0.25) is 81.5 Å². The number of piperidine rings is 1. The van der Waals surface area contributed by atoms with Gasteiger partial charge in [0.2, 0.25) is 88.6 Å². The molecule has 0 unspecified atom stereocenters. The molecule has 15 amide bonds. The van der Waals surface area contributed by atoms with E-state index < -0.39 is 289 Å². The number of benzene rings is 5. The molecule has 137 heavy (non-hydrogen) atoms. The lowest BCUT2D eigenvalue weighted by molar-refractivity contribution is -0.152. The average molecular weight is 1930 g/mol. The molecule has 6 aromatic rings. The van der Waals surface area contributed by atoms with E-state index in [9.17, 15) is 62.8 Å². The van der Waals surface area contributed by atoms with Gasteiger partial charge in [-0.2, -0.15) is 0 Å². The quantitative estimate of drug-likeness (QED) is 0.0207. The number of aliphatic carboxylic acids is 2. The Labute approximate surface area is 791 Å². The van der Waals surface area contributed by atoms with Crippen molar-refractivity contribution in [1.29, 1.82) is 0 Å². The summed E-state index contributed by atoms with van der Waals surface area (Å²) in [6.45, 7) is 3.18. The van der Waals surface area contributed by atoms with Crippen molar-refractivity contribution in [3.05, 3.63) is 173 Å². The zero-order valence-corrected chi connectivity index (χ0v) is 77.5. The number of nitrogens with zero attached hydrogens (tertiary/aromatic N) is 5. The van der Waals surface area contributed by atoms with E-state index in [-0.39, 0.29) is 82.2 Å². The van der Waals surface area contributed by atoms with Crippen molar-refractivity contribution >= 4 is 123 Å². The van der Waals surface area contributed by atoms with Gasteiger partial charge in [0, 0.05) is 102 Å². The Morgan fingerprint density at radius 1 is 0.533 bits per heavy atom. The monoisotopic (exact) mass is 1930 g/mol. The number of carbonyl (C=O) groups excluding carboxylic acids is 15. The number of carbonyl (C=O) groups is 17. The first-order valence-electron chi connectivity index (χ1n) is 45.2. The number of aliphatic hydroxyl groups is 1. The number of carboxylic acid groups (broad SMARTS) is 2. The molecular weight excluding hydrogens is 1810 g/mol. The number of aromatic amines is 1. The lowest BCUT2D eigenvalue weighted by Gasteiger charge is -2.38. The van der Waals surface area contributed by atoms with Gasteiger partial charge in [0.15, 0.2) is 17.5 Å². The molecule has 3 aliphatic heterocycles. The van der Waals surface area contributed by atoms with E-state index in [2.05, 4.69) is 52.8 Å². The van der Waals surface area contributed by atoms with Crippen LogP contribution in [0, 0.1) is 29.2 Å². The molecule has 43 heteroatoms. The van der Waals surface area contributed by atoms with Gasteiger partial charge in [-0.15, -0.1) is 11.8 Å². The smallest absolute Gasteiger partial charge is 0.305 e. The van der Waals surface area contributed by atoms with Crippen molar-refractivity contribution < 1.29 is 119 Å². The predicted octanol–water partition coefficient (Wildman–Crippen LogP) is 1.31. The highest BCUT2D eigenvalue weighted by atomic mass is 32.2. The number of rotatable bonds is 26. The second kappa shape index (κ2) is 50.8. The molecule has 9 rings (SSSR count). The number of likely N-dealkylation sites (N-methyl/N-ethyl adjacent to an activating group) is 3. The number of thioether (sulfide) groups is 1. The largest absolute Gasteiger partial charge is 0.508 e. The summed E-state index contributed by atoms with van der Waals surface area (Å²) in [6, 6.07) is 3.59. The molecule has 0 bridgehead atoms. The number of halogens is 4. The third-order valence-corrected chi connectivity index (χ3v) is 25.3. The SMILES string of the molecule is CCCC[C@H]1C(=O)N2C[C@@H](O)C[C@@H]2C(=O)N[C@@H](CC(=O)O)C(=O)N[C@H](C(C)C)C(=O)N(C)[C@@H](Cc2ccccc2)C(=O)N[C@@H](CCC(=O)O)C(=O)N2CCCC[C@@H]2C(=O)N[C@H](Cc2c[nH]c3ccccc23)C(=O)N[C@@H](Cc2ccc(O)cc2)C(=O)N[C@@H](CCCCN)C(=O)N[C@H](C(=O)NCC(N)=O)CSCC(=O)N[C@@H](Cc2cc(F)c(F)c(F)c2)C(=O)N(C)[C@@H](Cc2ccc(F)cc2)C(=O)N1C. The van der Waals surface area contributed by atoms with Crippen molar-refractivity contribution in [2.24, 2.45) is 17.4 Å². The highest BCUT2D eigenvalue weighted by Crippen LogP contribution is 2.29. The van der Waals surface area contributed by atoms with Crippen LogP contribution in [-0.4, -0.2) is 294 Å². The highest BCUT2D eigenvalue weighted by Gasteiger charge is 2.48.